The maximum atomic E-state index is 14.2. The number of aliphatic hydroxyl groups excluding tert-OH is 3. The number of carbonyl (C=O) groups is 2. The van der Waals surface area contributed by atoms with E-state index in [0.717, 1.165) is 28.8 Å². The number of aliphatic hydroxyl groups is 3. The first-order valence-electron chi connectivity index (χ1n) is 18.5. The number of ether oxygens (including phenoxy) is 1. The number of carbonyl (C=O) groups excluding carboxylic acids is 2. The van der Waals surface area contributed by atoms with Crippen molar-refractivity contribution in [2.24, 2.45) is 35.0 Å². The summed E-state index contributed by atoms with van der Waals surface area (Å²) >= 11 is 0. The molecule has 1 aliphatic heterocycles. The molecule has 5 N–H and O–H groups in total. The Morgan fingerprint density at radius 3 is 2.41 bits per heavy atom. The number of hydrogen-bond acceptors (Lipinski definition) is 9. The third-order valence-electron chi connectivity index (χ3n) is 12.0. The van der Waals surface area contributed by atoms with Gasteiger partial charge >= 0.3 is 0 Å². The fraction of sp³-hybridized carbons (Fsp3) is 0.650. The normalized spacial score (nSPS) is 28.1. The molecule has 2 aromatic rings. The number of methoxy groups -OCH3 is 1. The molecule has 11 heteroatoms. The van der Waals surface area contributed by atoms with Crippen molar-refractivity contribution in [1.82, 2.24) is 15.7 Å². The molecule has 2 aromatic carbocycles. The summed E-state index contributed by atoms with van der Waals surface area (Å²) in [5, 5.41) is 39.0. The molecule has 1 saturated heterocycles. The smallest absolute Gasteiger partial charge is 0.251 e. The van der Waals surface area contributed by atoms with Gasteiger partial charge in [-0.3, -0.25) is 14.4 Å². The summed E-state index contributed by atoms with van der Waals surface area (Å²) in [6, 6.07) is 10.2. The molecule has 9 atom stereocenters. The van der Waals surface area contributed by atoms with Crippen molar-refractivity contribution in [3.8, 4) is 16.9 Å². The van der Waals surface area contributed by atoms with Gasteiger partial charge < -0.3 is 35.6 Å². The first-order chi connectivity index (χ1) is 24.1. The summed E-state index contributed by atoms with van der Waals surface area (Å²) in [4.78, 5) is 35.9. The van der Waals surface area contributed by atoms with E-state index < -0.39 is 24.2 Å². The van der Waals surface area contributed by atoms with Crippen molar-refractivity contribution in [3.63, 3.8) is 0 Å². The van der Waals surface area contributed by atoms with Crippen LogP contribution in [-0.4, -0.2) is 96.9 Å². The van der Waals surface area contributed by atoms with Crippen molar-refractivity contribution in [2.75, 3.05) is 39.3 Å². The summed E-state index contributed by atoms with van der Waals surface area (Å²) in [7, 11) is 5.41. The Morgan fingerprint density at radius 2 is 1.84 bits per heavy atom. The second-order valence-corrected chi connectivity index (χ2v) is 16.4. The first-order valence-corrected chi connectivity index (χ1v) is 18.5. The lowest BCUT2D eigenvalue weighted by molar-refractivity contribution is -0.183. The number of benzene rings is 2. The molecule has 0 unspecified atom stereocenters. The van der Waals surface area contributed by atoms with Crippen LogP contribution in [-0.2, 0) is 16.2 Å². The van der Waals surface area contributed by atoms with Gasteiger partial charge in [-0.2, -0.15) is 5.06 Å². The van der Waals surface area contributed by atoms with Crippen LogP contribution in [0.5, 0.6) is 5.75 Å². The fourth-order valence-corrected chi connectivity index (χ4v) is 9.00. The van der Waals surface area contributed by atoms with Crippen LogP contribution < -0.4 is 20.3 Å². The van der Waals surface area contributed by atoms with Crippen LogP contribution in [0.15, 0.2) is 36.4 Å². The minimum Gasteiger partial charge on any atom is -0.496 e. The summed E-state index contributed by atoms with van der Waals surface area (Å²) in [6.45, 7) is 12.3. The fourth-order valence-electron chi connectivity index (χ4n) is 9.00. The van der Waals surface area contributed by atoms with Crippen LogP contribution >= 0.6 is 0 Å². The van der Waals surface area contributed by atoms with E-state index in [1.54, 1.807) is 19.1 Å². The lowest BCUT2D eigenvalue weighted by Gasteiger charge is -2.62. The molecule has 3 aliphatic carbocycles. The molecular weight excluding hydrogens is 648 g/mol. The number of rotatable bonds is 14. The Labute approximate surface area is 303 Å². The Hall–Kier alpha value is -3.22. The molecule has 4 aliphatic rings. The van der Waals surface area contributed by atoms with Crippen LogP contribution in [0.25, 0.3) is 11.1 Å². The van der Waals surface area contributed by atoms with Gasteiger partial charge in [-0.1, -0.05) is 52.8 Å². The van der Waals surface area contributed by atoms with Gasteiger partial charge in [-0.05, 0) is 79.0 Å². The molecule has 0 spiro atoms. The molecule has 3 saturated carbocycles. The van der Waals surface area contributed by atoms with Gasteiger partial charge in [0.05, 0.1) is 39.0 Å². The third kappa shape index (κ3) is 7.93. The number of nitrogens with zero attached hydrogens (tertiary/aromatic N) is 2. The standard InChI is InChI=1S/C40H60N4O7/c1-22(2)13-29(20-45)41-38(48)27-14-26(15-30(16-27)43(7)8)31-12-10-11-25(37(31)50-9)19-44-36(35(24(4)47)34(21-46)51-44)39(49)42-33-18-28-17-32(23(33)3)40(28,5)6/h10-12,14-16,22-24,28-29,32-36,45-47H,13,17-21H2,1-9H3,(H,41,48)(H,42,49)/t23-,24-,28+,29-,32-,33-,34-,35+,36-/m0/s1. The number of para-hydroxylation sites is 1. The molecule has 2 bridgehead atoms. The quantitative estimate of drug-likeness (QED) is 0.195. The highest BCUT2D eigenvalue weighted by atomic mass is 16.7. The zero-order chi connectivity index (χ0) is 37.4. The molecular formula is C40H60N4O7. The van der Waals surface area contributed by atoms with Crippen LogP contribution in [0.2, 0.25) is 0 Å². The van der Waals surface area contributed by atoms with Crippen LogP contribution in [0.3, 0.4) is 0 Å². The van der Waals surface area contributed by atoms with Crippen LogP contribution in [0.4, 0.5) is 5.69 Å². The molecule has 2 amide bonds. The topological polar surface area (TPSA) is 144 Å². The lowest BCUT2D eigenvalue weighted by atomic mass is 9.45. The lowest BCUT2D eigenvalue weighted by Crippen LogP contribution is -2.62. The van der Waals surface area contributed by atoms with E-state index in [2.05, 4.69) is 45.3 Å². The van der Waals surface area contributed by atoms with Gasteiger partial charge in [0, 0.05) is 48.4 Å². The molecule has 0 radical (unpaired) electrons. The molecule has 51 heavy (non-hydrogen) atoms. The minimum atomic E-state index is -0.906. The van der Waals surface area contributed by atoms with Gasteiger partial charge in [-0.15, -0.1) is 0 Å². The molecule has 11 nitrogen and oxygen atoms in total. The number of anilines is 1. The molecule has 282 valence electrons. The highest BCUT2D eigenvalue weighted by Gasteiger charge is 2.57. The van der Waals surface area contributed by atoms with E-state index in [-0.39, 0.29) is 49.1 Å². The van der Waals surface area contributed by atoms with Crippen molar-refractivity contribution >= 4 is 17.5 Å². The predicted molar refractivity (Wildman–Crippen MR) is 198 cm³/mol. The van der Waals surface area contributed by atoms with Crippen LogP contribution in [0.1, 0.15) is 76.7 Å². The second-order valence-electron chi connectivity index (χ2n) is 16.4. The van der Waals surface area contributed by atoms with Crippen molar-refractivity contribution in [3.05, 3.63) is 47.5 Å². The zero-order valence-electron chi connectivity index (χ0n) is 31.8. The van der Waals surface area contributed by atoms with Gasteiger partial charge in [0.2, 0.25) is 5.91 Å². The van der Waals surface area contributed by atoms with E-state index in [0.29, 0.717) is 41.4 Å². The van der Waals surface area contributed by atoms with E-state index in [4.69, 9.17) is 9.57 Å². The van der Waals surface area contributed by atoms with Gasteiger partial charge in [0.15, 0.2) is 0 Å². The maximum Gasteiger partial charge on any atom is 0.251 e. The Morgan fingerprint density at radius 1 is 1.12 bits per heavy atom. The molecule has 6 rings (SSSR count). The van der Waals surface area contributed by atoms with Gasteiger partial charge in [-0.25, -0.2) is 0 Å². The van der Waals surface area contributed by atoms with Gasteiger partial charge in [0.1, 0.15) is 17.9 Å². The highest BCUT2D eigenvalue weighted by Crippen LogP contribution is 2.61. The summed E-state index contributed by atoms with van der Waals surface area (Å²) in [5.74, 6) is 1.17. The Bertz CT molecular complexity index is 1540. The van der Waals surface area contributed by atoms with Crippen LogP contribution in [0, 0.1) is 35.0 Å². The van der Waals surface area contributed by atoms with Crippen molar-refractivity contribution in [1.29, 1.82) is 0 Å². The number of fused-ring (bicyclic) bond motifs is 2. The Balaban J connectivity index is 1.45. The maximum absolute atomic E-state index is 14.2. The number of hydroxylamine groups is 2. The molecule has 4 fully saturated rings. The average molecular weight is 709 g/mol. The molecule has 1 heterocycles. The summed E-state index contributed by atoms with van der Waals surface area (Å²) in [6.07, 6.45) is 1.11. The van der Waals surface area contributed by atoms with Crippen molar-refractivity contribution in [2.45, 2.75) is 97.7 Å². The molecule has 0 aromatic heterocycles. The zero-order valence-corrected chi connectivity index (χ0v) is 31.8. The second kappa shape index (κ2) is 15.8. The van der Waals surface area contributed by atoms with E-state index >= 15 is 0 Å². The number of hydrogen-bond donors (Lipinski definition) is 5. The predicted octanol–water partition coefficient (Wildman–Crippen LogP) is 4.23. The summed E-state index contributed by atoms with van der Waals surface area (Å²) in [5.41, 5.74) is 3.79. The SMILES string of the molecule is COc1c(CN2O[C@@H](CO)[C@@H]([C@H](C)O)[C@H]2C(=O)N[C@H]2C[C@H]3C[C@@H]([C@@H]2C)C3(C)C)cccc1-c1cc(C(=O)N[C@H](CO)CC(C)C)cc(N(C)C)c1. The number of amides is 2. The van der Waals surface area contributed by atoms with E-state index in [1.165, 1.54) is 6.42 Å². The van der Waals surface area contributed by atoms with Crippen molar-refractivity contribution < 1.29 is 34.5 Å². The minimum absolute atomic E-state index is 0.0326. The van der Waals surface area contributed by atoms with E-state index in [9.17, 15) is 24.9 Å². The van der Waals surface area contributed by atoms with E-state index in [1.807, 2.05) is 55.4 Å². The third-order valence-corrected chi connectivity index (χ3v) is 12.0. The largest absolute Gasteiger partial charge is 0.496 e. The first kappa shape index (κ1) is 39.0. The monoisotopic (exact) mass is 708 g/mol. The number of nitrogens with one attached hydrogen (secondary N) is 2. The highest BCUT2D eigenvalue weighted by molar-refractivity contribution is 5.97. The summed E-state index contributed by atoms with van der Waals surface area (Å²) < 4.78 is 6.03. The average Bonchev–Trinajstić information content (AvgIpc) is 3.46. The van der Waals surface area contributed by atoms with Gasteiger partial charge in [0.25, 0.3) is 5.91 Å². The Kier molecular flexibility index (Phi) is 12.1.